The van der Waals surface area contributed by atoms with Crippen LogP contribution in [0.1, 0.15) is 5.82 Å². The lowest BCUT2D eigenvalue weighted by Crippen LogP contribution is -2.38. The summed E-state index contributed by atoms with van der Waals surface area (Å²) < 4.78 is 33.6. The number of rotatable bonds is 3. The first-order chi connectivity index (χ1) is 10.0. The van der Waals surface area contributed by atoms with E-state index in [4.69, 9.17) is 10.5 Å². The molecule has 0 bridgehead atoms. The molecule has 0 saturated heterocycles. The Balaban J connectivity index is 1.94. The number of hydrogen-bond acceptors (Lipinski definition) is 6. The summed E-state index contributed by atoms with van der Waals surface area (Å²) in [4.78, 5) is 0.154. The lowest BCUT2D eigenvalue weighted by molar-refractivity contribution is 0.335. The number of nitrogens with zero attached hydrogens (tertiary/aromatic N) is 4. The second kappa shape index (κ2) is 5.01. The van der Waals surface area contributed by atoms with Crippen LogP contribution >= 0.6 is 0 Å². The molecule has 3 rings (SSSR count). The average Bonchev–Trinajstić information content (AvgIpc) is 2.94. The van der Waals surface area contributed by atoms with Crippen molar-refractivity contribution in [3.8, 4) is 5.75 Å². The maximum absolute atomic E-state index is 12.7. The number of benzene rings is 1. The Hall–Kier alpha value is -2.13. The molecule has 9 heteroatoms. The molecule has 1 aliphatic rings. The summed E-state index contributed by atoms with van der Waals surface area (Å²) >= 11 is 0. The average molecular weight is 309 g/mol. The Kier molecular flexibility index (Phi) is 3.30. The molecule has 0 radical (unpaired) electrons. The second-order valence-corrected chi connectivity index (χ2v) is 6.62. The Bertz CT molecular complexity index is 771. The van der Waals surface area contributed by atoms with Crippen LogP contribution in [0.25, 0.3) is 0 Å². The summed E-state index contributed by atoms with van der Waals surface area (Å²) in [5, 5.41) is 7.71. The molecule has 2 N–H and O–H groups in total. The van der Waals surface area contributed by atoms with E-state index in [2.05, 4.69) is 10.2 Å². The van der Waals surface area contributed by atoms with Gasteiger partial charge in [0.25, 0.3) is 0 Å². The number of ether oxygens (including phenoxy) is 1. The fourth-order valence-corrected chi connectivity index (χ4v) is 3.65. The molecule has 1 aromatic carbocycles. The molecule has 0 saturated carbocycles. The van der Waals surface area contributed by atoms with Crippen molar-refractivity contribution >= 4 is 15.7 Å². The highest BCUT2D eigenvalue weighted by molar-refractivity contribution is 7.89. The zero-order valence-electron chi connectivity index (χ0n) is 11.4. The maximum atomic E-state index is 12.7. The molecule has 0 spiro atoms. The van der Waals surface area contributed by atoms with E-state index in [1.165, 1.54) is 29.6 Å². The van der Waals surface area contributed by atoms with E-state index in [1.807, 2.05) is 4.57 Å². The fraction of sp³-hybridized carbons (Fsp3) is 0.333. The molecule has 0 unspecified atom stereocenters. The normalized spacial score (nSPS) is 15.7. The van der Waals surface area contributed by atoms with E-state index in [-0.39, 0.29) is 11.4 Å². The minimum atomic E-state index is -3.62. The number of nitrogen functional groups attached to an aromatic ring is 1. The molecule has 112 valence electrons. The molecule has 0 fully saturated rings. The molecule has 21 heavy (non-hydrogen) atoms. The van der Waals surface area contributed by atoms with Gasteiger partial charge in [0, 0.05) is 19.2 Å². The summed E-state index contributed by atoms with van der Waals surface area (Å²) in [6.07, 6.45) is 1.60. The van der Waals surface area contributed by atoms with Gasteiger partial charge in [-0.25, -0.2) is 8.42 Å². The smallest absolute Gasteiger partial charge is 0.243 e. The zero-order valence-corrected chi connectivity index (χ0v) is 12.2. The van der Waals surface area contributed by atoms with Gasteiger partial charge in [0.1, 0.15) is 17.9 Å². The molecule has 8 nitrogen and oxygen atoms in total. The van der Waals surface area contributed by atoms with Crippen LogP contribution in [0.5, 0.6) is 5.75 Å². The van der Waals surface area contributed by atoms with Gasteiger partial charge in [0.2, 0.25) is 10.0 Å². The van der Waals surface area contributed by atoms with Gasteiger partial charge in [-0.15, -0.1) is 10.2 Å². The number of hydrogen-bond donors (Lipinski definition) is 1. The van der Waals surface area contributed by atoms with Gasteiger partial charge in [-0.2, -0.15) is 4.31 Å². The van der Waals surface area contributed by atoms with Crippen LogP contribution in [0.4, 0.5) is 5.69 Å². The third kappa shape index (κ3) is 2.34. The molecule has 0 atom stereocenters. The fourth-order valence-electron chi connectivity index (χ4n) is 2.25. The van der Waals surface area contributed by atoms with Crippen molar-refractivity contribution in [1.29, 1.82) is 0 Å². The number of nitrogens with two attached hydrogens (primary N) is 1. The van der Waals surface area contributed by atoms with Crippen LogP contribution in [0.15, 0.2) is 29.4 Å². The monoisotopic (exact) mass is 309 g/mol. The summed E-state index contributed by atoms with van der Waals surface area (Å²) in [7, 11) is -2.17. The van der Waals surface area contributed by atoms with Gasteiger partial charge in [-0.3, -0.25) is 0 Å². The summed E-state index contributed by atoms with van der Waals surface area (Å²) in [5.74, 6) is 0.975. The van der Waals surface area contributed by atoms with Gasteiger partial charge >= 0.3 is 0 Å². The van der Waals surface area contributed by atoms with Gasteiger partial charge in [-0.05, 0) is 12.1 Å². The summed E-state index contributed by atoms with van der Waals surface area (Å²) in [6, 6.07) is 4.44. The van der Waals surface area contributed by atoms with Gasteiger partial charge < -0.3 is 15.0 Å². The van der Waals surface area contributed by atoms with E-state index in [0.717, 1.165) is 0 Å². The lowest BCUT2D eigenvalue weighted by atomic mass is 10.3. The Morgan fingerprint density at radius 2 is 2.14 bits per heavy atom. The highest BCUT2D eigenvalue weighted by atomic mass is 32.2. The quantitative estimate of drug-likeness (QED) is 0.805. The van der Waals surface area contributed by atoms with Crippen LogP contribution in [0.3, 0.4) is 0 Å². The van der Waals surface area contributed by atoms with E-state index in [9.17, 15) is 8.42 Å². The Morgan fingerprint density at radius 1 is 1.33 bits per heavy atom. The molecule has 2 heterocycles. The van der Waals surface area contributed by atoms with Gasteiger partial charge in [0.15, 0.2) is 0 Å². The minimum Gasteiger partial charge on any atom is -0.495 e. The van der Waals surface area contributed by atoms with Crippen molar-refractivity contribution < 1.29 is 13.2 Å². The van der Waals surface area contributed by atoms with Crippen molar-refractivity contribution in [2.75, 3.05) is 19.4 Å². The van der Waals surface area contributed by atoms with E-state index in [0.29, 0.717) is 30.4 Å². The Morgan fingerprint density at radius 3 is 2.90 bits per heavy atom. The number of anilines is 1. The van der Waals surface area contributed by atoms with Crippen LogP contribution in [0.2, 0.25) is 0 Å². The first-order valence-corrected chi connectivity index (χ1v) is 7.77. The van der Waals surface area contributed by atoms with Crippen molar-refractivity contribution in [2.45, 2.75) is 18.0 Å². The van der Waals surface area contributed by atoms with Crippen molar-refractivity contribution in [1.82, 2.24) is 19.1 Å². The highest BCUT2D eigenvalue weighted by Crippen LogP contribution is 2.27. The van der Waals surface area contributed by atoms with Crippen molar-refractivity contribution in [2.24, 2.45) is 0 Å². The van der Waals surface area contributed by atoms with Crippen LogP contribution < -0.4 is 10.5 Å². The van der Waals surface area contributed by atoms with E-state index in [1.54, 1.807) is 6.33 Å². The zero-order chi connectivity index (χ0) is 15.0. The van der Waals surface area contributed by atoms with E-state index >= 15 is 0 Å². The molecule has 2 aromatic rings. The number of aromatic nitrogens is 3. The number of fused-ring (bicyclic) bond motifs is 1. The maximum Gasteiger partial charge on any atom is 0.243 e. The summed E-state index contributed by atoms with van der Waals surface area (Å²) in [5.41, 5.74) is 6.11. The number of sulfonamides is 1. The topological polar surface area (TPSA) is 103 Å². The van der Waals surface area contributed by atoms with Gasteiger partial charge in [0.05, 0.1) is 24.2 Å². The first-order valence-electron chi connectivity index (χ1n) is 6.32. The summed E-state index contributed by atoms with van der Waals surface area (Å²) in [6.45, 7) is 1.11. The second-order valence-electron chi connectivity index (χ2n) is 4.68. The standard InChI is InChI=1S/C12H15N5O3S/c1-20-11-6-9(2-3-10(11)13)21(18,19)17-5-4-16-8-14-15-12(16)7-17/h2-3,6,8H,4-5,7,13H2,1H3. The lowest BCUT2D eigenvalue weighted by Gasteiger charge is -2.26. The largest absolute Gasteiger partial charge is 0.495 e. The SMILES string of the molecule is COc1cc(S(=O)(=O)N2CCn3cnnc3C2)ccc1N. The van der Waals surface area contributed by atoms with E-state index < -0.39 is 10.0 Å². The molecular formula is C12H15N5O3S. The molecule has 1 aliphatic heterocycles. The molecule has 1 aromatic heterocycles. The molecule has 0 aliphatic carbocycles. The van der Waals surface area contributed by atoms with Crippen LogP contribution in [0, 0.1) is 0 Å². The predicted molar refractivity (Wildman–Crippen MR) is 75.0 cm³/mol. The predicted octanol–water partition coefficient (Wildman–Crippen LogP) is 0.0734. The third-order valence-electron chi connectivity index (χ3n) is 3.45. The first kappa shape index (κ1) is 13.8. The van der Waals surface area contributed by atoms with Crippen LogP contribution in [-0.2, 0) is 23.1 Å². The molecule has 0 amide bonds. The minimum absolute atomic E-state index is 0.154. The van der Waals surface area contributed by atoms with Crippen molar-refractivity contribution in [3.63, 3.8) is 0 Å². The Labute approximate surface area is 122 Å². The third-order valence-corrected chi connectivity index (χ3v) is 5.29. The molecular weight excluding hydrogens is 294 g/mol. The van der Waals surface area contributed by atoms with Crippen LogP contribution in [-0.4, -0.2) is 41.1 Å². The van der Waals surface area contributed by atoms with Gasteiger partial charge in [-0.1, -0.05) is 0 Å². The highest BCUT2D eigenvalue weighted by Gasteiger charge is 2.29. The van der Waals surface area contributed by atoms with Crippen molar-refractivity contribution in [3.05, 3.63) is 30.4 Å². The number of methoxy groups -OCH3 is 1.